The van der Waals surface area contributed by atoms with Gasteiger partial charge in [-0.3, -0.25) is 9.59 Å². The fraction of sp³-hybridized carbons (Fsp3) is 0.333. The van der Waals surface area contributed by atoms with Crippen LogP contribution in [0, 0.1) is 3.57 Å². The van der Waals surface area contributed by atoms with E-state index >= 15 is 0 Å². The van der Waals surface area contributed by atoms with Crippen LogP contribution in [0.25, 0.3) is 0 Å². The number of amides is 2. The van der Waals surface area contributed by atoms with Gasteiger partial charge in [0, 0.05) is 16.5 Å². The molecular formula is C12H15IN2O2. The Morgan fingerprint density at radius 1 is 1.24 bits per heavy atom. The highest BCUT2D eigenvalue weighted by Gasteiger charge is 2.07. The quantitative estimate of drug-likeness (QED) is 0.608. The molecule has 17 heavy (non-hydrogen) atoms. The molecule has 0 radical (unpaired) electrons. The molecule has 0 saturated carbocycles. The molecule has 1 aromatic rings. The van der Waals surface area contributed by atoms with Crippen molar-refractivity contribution in [3.8, 4) is 0 Å². The van der Waals surface area contributed by atoms with E-state index in [4.69, 9.17) is 5.73 Å². The van der Waals surface area contributed by atoms with Crippen molar-refractivity contribution in [3.63, 3.8) is 0 Å². The van der Waals surface area contributed by atoms with Crippen LogP contribution in [0.3, 0.4) is 0 Å². The van der Waals surface area contributed by atoms with E-state index in [2.05, 4.69) is 27.9 Å². The Hall–Kier alpha value is -1.11. The largest absolute Gasteiger partial charge is 0.370 e. The molecule has 0 heterocycles. The Morgan fingerprint density at radius 3 is 2.59 bits per heavy atom. The zero-order valence-corrected chi connectivity index (χ0v) is 11.6. The van der Waals surface area contributed by atoms with Gasteiger partial charge in [0.2, 0.25) is 5.91 Å². The summed E-state index contributed by atoms with van der Waals surface area (Å²) < 4.78 is 0.930. The summed E-state index contributed by atoms with van der Waals surface area (Å²) in [5.74, 6) is -0.372. The van der Waals surface area contributed by atoms with Crippen LogP contribution in [0.2, 0.25) is 0 Å². The molecule has 0 spiro atoms. The van der Waals surface area contributed by atoms with Crippen molar-refractivity contribution in [3.05, 3.63) is 33.4 Å². The van der Waals surface area contributed by atoms with Gasteiger partial charge in [-0.05, 0) is 47.6 Å². The van der Waals surface area contributed by atoms with Crippen LogP contribution in [0.4, 0.5) is 0 Å². The van der Waals surface area contributed by atoms with Crippen LogP contribution < -0.4 is 11.1 Å². The highest BCUT2D eigenvalue weighted by atomic mass is 127. The first kappa shape index (κ1) is 14.0. The van der Waals surface area contributed by atoms with E-state index in [1.54, 1.807) is 6.07 Å². The molecule has 3 N–H and O–H groups in total. The van der Waals surface area contributed by atoms with Crippen LogP contribution in [0.15, 0.2) is 24.3 Å². The molecule has 5 heteroatoms. The predicted molar refractivity (Wildman–Crippen MR) is 74.5 cm³/mol. The van der Waals surface area contributed by atoms with Crippen molar-refractivity contribution in [1.29, 1.82) is 0 Å². The summed E-state index contributed by atoms with van der Waals surface area (Å²) in [4.78, 5) is 22.3. The molecule has 0 saturated heterocycles. The fourth-order valence-electron chi connectivity index (χ4n) is 1.37. The minimum atomic E-state index is -0.297. The van der Waals surface area contributed by atoms with Crippen LogP contribution in [0.5, 0.6) is 0 Å². The van der Waals surface area contributed by atoms with Crippen molar-refractivity contribution in [2.45, 2.75) is 19.3 Å². The summed E-state index contributed by atoms with van der Waals surface area (Å²) >= 11 is 2.13. The third-order valence-electron chi connectivity index (χ3n) is 2.25. The van der Waals surface area contributed by atoms with Gasteiger partial charge in [-0.2, -0.15) is 0 Å². The maximum absolute atomic E-state index is 11.8. The number of halogens is 1. The van der Waals surface area contributed by atoms with Crippen LogP contribution in [0.1, 0.15) is 29.6 Å². The molecule has 0 unspecified atom stereocenters. The highest BCUT2D eigenvalue weighted by Crippen LogP contribution is 2.10. The number of unbranched alkanes of at least 4 members (excludes halogenated alkanes) is 1. The third-order valence-corrected chi connectivity index (χ3v) is 3.19. The van der Waals surface area contributed by atoms with E-state index in [1.807, 2.05) is 18.2 Å². The molecular weight excluding hydrogens is 331 g/mol. The molecule has 0 aliphatic heterocycles. The van der Waals surface area contributed by atoms with E-state index in [9.17, 15) is 9.59 Å². The van der Waals surface area contributed by atoms with E-state index in [1.165, 1.54) is 0 Å². The monoisotopic (exact) mass is 346 g/mol. The van der Waals surface area contributed by atoms with E-state index < -0.39 is 0 Å². The Kier molecular flexibility index (Phi) is 5.96. The zero-order valence-electron chi connectivity index (χ0n) is 9.41. The number of nitrogens with one attached hydrogen (secondary N) is 1. The number of hydrogen-bond acceptors (Lipinski definition) is 2. The second-order valence-electron chi connectivity index (χ2n) is 3.66. The molecule has 0 aliphatic carbocycles. The number of rotatable bonds is 6. The second kappa shape index (κ2) is 7.26. The van der Waals surface area contributed by atoms with Crippen LogP contribution in [-0.2, 0) is 4.79 Å². The lowest BCUT2D eigenvalue weighted by Gasteiger charge is -2.06. The molecule has 0 aromatic heterocycles. The summed E-state index contributed by atoms with van der Waals surface area (Å²) in [6.45, 7) is 0.567. The van der Waals surface area contributed by atoms with E-state index in [-0.39, 0.29) is 11.8 Å². The minimum Gasteiger partial charge on any atom is -0.370 e. The number of carbonyl (C=O) groups is 2. The molecule has 0 atom stereocenters. The lowest BCUT2D eigenvalue weighted by molar-refractivity contribution is -0.118. The fourth-order valence-corrected chi connectivity index (χ4v) is 2.00. The zero-order chi connectivity index (χ0) is 12.7. The Bertz CT molecular complexity index is 407. The third kappa shape index (κ3) is 5.16. The van der Waals surface area contributed by atoms with Gasteiger partial charge in [-0.15, -0.1) is 0 Å². The van der Waals surface area contributed by atoms with Gasteiger partial charge in [-0.25, -0.2) is 0 Å². The number of nitrogens with two attached hydrogens (primary N) is 1. The molecule has 92 valence electrons. The average Bonchev–Trinajstić information content (AvgIpc) is 2.28. The molecule has 0 fully saturated rings. The van der Waals surface area contributed by atoms with Gasteiger partial charge in [0.25, 0.3) is 5.91 Å². The Balaban J connectivity index is 2.31. The molecule has 0 aliphatic rings. The van der Waals surface area contributed by atoms with Crippen molar-refractivity contribution in [2.75, 3.05) is 6.54 Å². The smallest absolute Gasteiger partial charge is 0.252 e. The topological polar surface area (TPSA) is 72.2 Å². The summed E-state index contributed by atoms with van der Waals surface area (Å²) in [5, 5.41) is 2.82. The van der Waals surface area contributed by atoms with Crippen molar-refractivity contribution < 1.29 is 9.59 Å². The number of benzene rings is 1. The maximum Gasteiger partial charge on any atom is 0.252 e. The summed E-state index contributed by atoms with van der Waals surface area (Å²) in [5.41, 5.74) is 5.70. The molecule has 1 rings (SSSR count). The normalized spacial score (nSPS) is 9.94. The Morgan fingerprint density at radius 2 is 1.94 bits per heavy atom. The Labute approximate surface area is 114 Å². The lowest BCUT2D eigenvalue weighted by Crippen LogP contribution is -2.25. The average molecular weight is 346 g/mol. The maximum atomic E-state index is 11.8. The number of hydrogen-bond donors (Lipinski definition) is 2. The SMILES string of the molecule is NC(=O)CCCCNC(=O)c1ccccc1I. The number of carbonyl (C=O) groups excluding carboxylic acids is 2. The van der Waals surface area contributed by atoms with Gasteiger partial charge in [0.1, 0.15) is 0 Å². The van der Waals surface area contributed by atoms with Crippen molar-refractivity contribution in [1.82, 2.24) is 5.32 Å². The molecule has 4 nitrogen and oxygen atoms in total. The summed E-state index contributed by atoms with van der Waals surface area (Å²) in [7, 11) is 0. The van der Waals surface area contributed by atoms with Gasteiger partial charge in [-0.1, -0.05) is 12.1 Å². The summed E-state index contributed by atoms with van der Waals surface area (Å²) in [6.07, 6.45) is 1.85. The summed E-state index contributed by atoms with van der Waals surface area (Å²) in [6, 6.07) is 7.42. The van der Waals surface area contributed by atoms with E-state index in [0.29, 0.717) is 24.9 Å². The minimum absolute atomic E-state index is 0.0749. The first-order valence-electron chi connectivity index (χ1n) is 5.42. The second-order valence-corrected chi connectivity index (χ2v) is 4.82. The van der Waals surface area contributed by atoms with Gasteiger partial charge >= 0.3 is 0 Å². The standard InChI is InChI=1S/C12H15IN2O2/c13-10-6-2-1-5-9(10)12(17)15-8-4-3-7-11(14)16/h1-2,5-6H,3-4,7-8H2,(H2,14,16)(H,15,17). The van der Waals surface area contributed by atoms with Crippen LogP contribution >= 0.6 is 22.6 Å². The van der Waals surface area contributed by atoms with E-state index in [0.717, 1.165) is 9.99 Å². The predicted octanol–water partition coefficient (Wildman–Crippen LogP) is 1.68. The molecule has 2 amide bonds. The lowest BCUT2D eigenvalue weighted by atomic mass is 10.2. The highest BCUT2D eigenvalue weighted by molar-refractivity contribution is 14.1. The van der Waals surface area contributed by atoms with Gasteiger partial charge in [0.15, 0.2) is 0 Å². The number of primary amides is 1. The van der Waals surface area contributed by atoms with Crippen molar-refractivity contribution in [2.24, 2.45) is 5.73 Å². The van der Waals surface area contributed by atoms with Crippen LogP contribution in [-0.4, -0.2) is 18.4 Å². The molecule has 0 bridgehead atoms. The van der Waals surface area contributed by atoms with Gasteiger partial charge < -0.3 is 11.1 Å². The first-order chi connectivity index (χ1) is 8.11. The van der Waals surface area contributed by atoms with Crippen molar-refractivity contribution >= 4 is 34.4 Å². The molecule has 1 aromatic carbocycles. The van der Waals surface area contributed by atoms with Gasteiger partial charge in [0.05, 0.1) is 5.56 Å². The first-order valence-corrected chi connectivity index (χ1v) is 6.50.